The molecule has 0 saturated heterocycles. The number of phenols is 1. The Hall–Kier alpha value is -2.05. The molecule has 0 aliphatic heterocycles. The molecule has 25 heavy (non-hydrogen) atoms. The summed E-state index contributed by atoms with van der Waals surface area (Å²) in [7, 11) is 0. The van der Waals surface area contributed by atoms with Gasteiger partial charge in [0.25, 0.3) is 0 Å². The number of hydrogen-bond acceptors (Lipinski definition) is 5. The van der Waals surface area contributed by atoms with Crippen molar-refractivity contribution in [3.05, 3.63) is 47.0 Å². The Bertz CT molecular complexity index is 910. The molecule has 0 aliphatic rings. The Morgan fingerprint density at radius 3 is 2.80 bits per heavy atom. The fourth-order valence-electron chi connectivity index (χ4n) is 2.58. The van der Waals surface area contributed by atoms with E-state index in [2.05, 4.69) is 21.1 Å². The number of ether oxygens (including phenoxy) is 1. The minimum Gasteiger partial charge on any atom is -0.506 e. The highest BCUT2D eigenvalue weighted by Gasteiger charge is 2.25. The molecule has 0 bridgehead atoms. The zero-order chi connectivity index (χ0) is 18.0. The van der Waals surface area contributed by atoms with Gasteiger partial charge >= 0.3 is 5.97 Å². The number of esters is 1. The molecule has 3 rings (SSSR count). The third kappa shape index (κ3) is 3.50. The molecule has 1 unspecified atom stereocenters. The maximum atomic E-state index is 11.9. The summed E-state index contributed by atoms with van der Waals surface area (Å²) in [4.78, 5) is 11.2. The van der Waals surface area contributed by atoms with E-state index in [1.54, 1.807) is 13.0 Å². The van der Waals surface area contributed by atoms with Crippen molar-refractivity contribution in [2.24, 2.45) is 0 Å². The summed E-state index contributed by atoms with van der Waals surface area (Å²) in [6.45, 7) is 2.01. The van der Waals surface area contributed by atoms with Gasteiger partial charge in [0, 0.05) is 17.5 Å². The maximum Gasteiger partial charge on any atom is 0.320 e. The van der Waals surface area contributed by atoms with E-state index in [-0.39, 0.29) is 23.8 Å². The van der Waals surface area contributed by atoms with Gasteiger partial charge in [-0.15, -0.1) is 0 Å². The number of carbonyl (C=O) groups excluding carboxylic acids is 1. The molecule has 0 amide bonds. The van der Waals surface area contributed by atoms with Crippen LogP contribution in [0.15, 0.2) is 40.9 Å². The van der Waals surface area contributed by atoms with Crippen molar-refractivity contribution in [3.8, 4) is 17.0 Å². The van der Waals surface area contributed by atoms with Crippen LogP contribution in [0.25, 0.3) is 22.2 Å². The number of aromatic nitrogens is 1. The number of carbonyl (C=O) groups is 1. The number of hydrogen-bond donors (Lipinski definition) is 1. The average molecular weight is 425 g/mol. The lowest BCUT2D eigenvalue weighted by atomic mass is 10.0. The molecule has 1 N–H and O–H groups in total. The lowest BCUT2D eigenvalue weighted by Gasteiger charge is -2.11. The molecule has 0 radical (unpaired) electrons. The van der Waals surface area contributed by atoms with Crippen molar-refractivity contribution in [1.29, 1.82) is 0 Å². The van der Waals surface area contributed by atoms with Gasteiger partial charge in [-0.3, -0.25) is 4.79 Å². The molecule has 130 valence electrons. The number of rotatable bonds is 5. The van der Waals surface area contributed by atoms with Crippen LogP contribution in [-0.2, 0) is 16.0 Å². The first-order chi connectivity index (χ1) is 12.0. The number of benzene rings is 2. The highest BCUT2D eigenvalue weighted by atomic mass is 79.9. The molecule has 0 spiro atoms. The quantitative estimate of drug-likeness (QED) is 0.474. The molecule has 1 aromatic heterocycles. The zero-order valence-corrected chi connectivity index (χ0v) is 15.7. The highest BCUT2D eigenvalue weighted by Crippen LogP contribution is 2.40. The van der Waals surface area contributed by atoms with Crippen molar-refractivity contribution < 1.29 is 19.2 Å². The molecular weight excluding hydrogens is 410 g/mol. The first-order valence-electron chi connectivity index (χ1n) is 7.68. The summed E-state index contributed by atoms with van der Waals surface area (Å²) in [5.74, 6) is -0.545. The van der Waals surface area contributed by atoms with Crippen LogP contribution in [-0.4, -0.2) is 27.7 Å². The minimum absolute atomic E-state index is 0.126. The van der Waals surface area contributed by atoms with Gasteiger partial charge in [0.2, 0.25) is 0 Å². The molecule has 0 saturated carbocycles. The van der Waals surface area contributed by atoms with Crippen molar-refractivity contribution in [2.75, 3.05) is 6.61 Å². The summed E-state index contributed by atoms with van der Waals surface area (Å²) in [5.41, 5.74) is 2.30. The van der Waals surface area contributed by atoms with Crippen LogP contribution in [0.1, 0.15) is 12.5 Å². The van der Waals surface area contributed by atoms with Crippen molar-refractivity contribution >= 4 is 44.5 Å². The van der Waals surface area contributed by atoms with Crippen molar-refractivity contribution in [3.63, 3.8) is 0 Å². The smallest absolute Gasteiger partial charge is 0.320 e. The van der Waals surface area contributed by atoms with Crippen LogP contribution in [0.2, 0.25) is 5.02 Å². The summed E-state index contributed by atoms with van der Waals surface area (Å²) < 4.78 is 10.5. The first kappa shape index (κ1) is 17.8. The lowest BCUT2D eigenvalue weighted by Crippen LogP contribution is -2.19. The second-order valence-corrected chi connectivity index (χ2v) is 6.90. The SMILES string of the molecule is CCOC(=O)C(Br)Cc1c(O)c(Cl)cc2c(-c3ccccc3)noc12. The van der Waals surface area contributed by atoms with Crippen LogP contribution < -0.4 is 0 Å². The standard InChI is InChI=1S/C18H15BrClNO4/c1-2-24-18(23)13(19)8-12-16(22)14(20)9-11-15(21-25-17(11)12)10-6-4-3-5-7-10/h3-7,9,13,22H,2,8H2,1H3. The number of alkyl halides is 1. The Kier molecular flexibility index (Phi) is 5.30. The molecule has 1 heterocycles. The second kappa shape index (κ2) is 7.45. The van der Waals surface area contributed by atoms with Gasteiger partial charge in [0.05, 0.1) is 17.0 Å². The Morgan fingerprint density at radius 1 is 1.40 bits per heavy atom. The van der Waals surface area contributed by atoms with Gasteiger partial charge in [-0.1, -0.05) is 63.0 Å². The summed E-state index contributed by atoms with van der Waals surface area (Å²) in [6.07, 6.45) is 0.158. The number of aromatic hydroxyl groups is 1. The van der Waals surface area contributed by atoms with Gasteiger partial charge < -0.3 is 14.4 Å². The van der Waals surface area contributed by atoms with Crippen LogP contribution in [0.3, 0.4) is 0 Å². The number of phenolic OH excluding ortho intramolecular Hbond substituents is 1. The van der Waals surface area contributed by atoms with Gasteiger partial charge in [-0.05, 0) is 13.0 Å². The third-order valence-electron chi connectivity index (χ3n) is 3.76. The van der Waals surface area contributed by atoms with E-state index in [1.165, 1.54) is 0 Å². The third-order valence-corrected chi connectivity index (χ3v) is 4.74. The number of nitrogens with zero attached hydrogens (tertiary/aromatic N) is 1. The minimum atomic E-state index is -0.634. The average Bonchev–Trinajstić information content (AvgIpc) is 3.03. The summed E-state index contributed by atoms with van der Waals surface area (Å²) in [5, 5.41) is 15.3. The van der Waals surface area contributed by atoms with E-state index >= 15 is 0 Å². The van der Waals surface area contributed by atoms with Gasteiger partial charge in [0.15, 0.2) is 5.58 Å². The molecule has 1 atom stereocenters. The molecule has 5 nitrogen and oxygen atoms in total. The fourth-order valence-corrected chi connectivity index (χ4v) is 3.26. The molecule has 0 aliphatic carbocycles. The molecule has 7 heteroatoms. The van der Waals surface area contributed by atoms with Crippen LogP contribution in [0.5, 0.6) is 5.75 Å². The highest BCUT2D eigenvalue weighted by molar-refractivity contribution is 9.10. The fraction of sp³-hybridized carbons (Fsp3) is 0.222. The Labute approximate surface area is 157 Å². The molecular formula is C18H15BrClNO4. The van der Waals surface area contributed by atoms with Crippen LogP contribution in [0, 0.1) is 0 Å². The Balaban J connectivity index is 2.08. The Morgan fingerprint density at radius 2 is 2.12 bits per heavy atom. The topological polar surface area (TPSA) is 72.6 Å². The van der Waals surface area contributed by atoms with E-state index in [4.69, 9.17) is 20.9 Å². The second-order valence-electron chi connectivity index (χ2n) is 5.38. The van der Waals surface area contributed by atoms with Gasteiger partial charge in [-0.25, -0.2) is 0 Å². The maximum absolute atomic E-state index is 11.9. The van der Waals surface area contributed by atoms with E-state index in [9.17, 15) is 9.90 Å². The molecule has 2 aromatic carbocycles. The van der Waals surface area contributed by atoms with Gasteiger partial charge in [0.1, 0.15) is 16.3 Å². The normalized spacial score (nSPS) is 12.3. The van der Waals surface area contributed by atoms with Crippen molar-refractivity contribution in [2.45, 2.75) is 18.2 Å². The predicted octanol–water partition coefficient (Wildman–Crippen LogP) is 4.72. The zero-order valence-electron chi connectivity index (χ0n) is 13.3. The number of fused-ring (bicyclic) bond motifs is 1. The lowest BCUT2D eigenvalue weighted by molar-refractivity contribution is -0.142. The predicted molar refractivity (Wildman–Crippen MR) is 99.2 cm³/mol. The van der Waals surface area contributed by atoms with Crippen LogP contribution >= 0.6 is 27.5 Å². The summed E-state index contributed by atoms with van der Waals surface area (Å²) in [6, 6.07) is 11.1. The van der Waals surface area contributed by atoms with E-state index in [1.807, 2.05) is 30.3 Å². The van der Waals surface area contributed by atoms with Crippen molar-refractivity contribution in [1.82, 2.24) is 5.16 Å². The monoisotopic (exact) mass is 423 g/mol. The van der Waals surface area contributed by atoms with E-state index in [0.717, 1.165) is 5.56 Å². The van der Waals surface area contributed by atoms with Crippen LogP contribution in [0.4, 0.5) is 0 Å². The van der Waals surface area contributed by atoms with E-state index < -0.39 is 10.8 Å². The largest absolute Gasteiger partial charge is 0.506 e. The summed E-state index contributed by atoms with van der Waals surface area (Å²) >= 11 is 9.47. The van der Waals surface area contributed by atoms with E-state index in [0.29, 0.717) is 22.2 Å². The molecule has 3 aromatic rings. The van der Waals surface area contributed by atoms with Gasteiger partial charge in [-0.2, -0.15) is 0 Å². The number of halogens is 2. The first-order valence-corrected chi connectivity index (χ1v) is 8.98. The molecule has 0 fully saturated rings.